The van der Waals surface area contributed by atoms with Crippen LogP contribution in [-0.2, 0) is 24.0 Å². The Morgan fingerprint density at radius 3 is 2.19 bits per heavy atom. The van der Waals surface area contributed by atoms with E-state index in [0.29, 0.717) is 19.5 Å². The van der Waals surface area contributed by atoms with E-state index in [0.717, 1.165) is 0 Å². The van der Waals surface area contributed by atoms with Crippen molar-refractivity contribution < 1.29 is 24.0 Å². The number of nitrogens with one attached hydrogen (secondary N) is 3. The van der Waals surface area contributed by atoms with Crippen LogP contribution in [0.2, 0.25) is 0 Å². The Labute approximate surface area is 213 Å². The summed E-state index contributed by atoms with van der Waals surface area (Å²) >= 11 is 0. The number of fused-ring (bicyclic) bond motifs is 1. The van der Waals surface area contributed by atoms with Crippen molar-refractivity contribution in [3.63, 3.8) is 0 Å². The first-order valence-corrected chi connectivity index (χ1v) is 12.9. The van der Waals surface area contributed by atoms with Crippen LogP contribution in [0, 0.1) is 34.0 Å². The molecule has 2 saturated heterocycles. The molecule has 0 spiro atoms. The number of hydrogen-bond acceptors (Lipinski definition) is 5. The van der Waals surface area contributed by atoms with Gasteiger partial charge in [-0.15, -0.1) is 0 Å². The van der Waals surface area contributed by atoms with Crippen molar-refractivity contribution in [1.29, 1.82) is 0 Å². The molecule has 10 nitrogen and oxygen atoms in total. The van der Waals surface area contributed by atoms with Gasteiger partial charge in [0, 0.05) is 24.4 Å². The van der Waals surface area contributed by atoms with Gasteiger partial charge in [0.1, 0.15) is 18.1 Å². The minimum absolute atomic E-state index is 0.0660. The van der Waals surface area contributed by atoms with E-state index in [1.165, 1.54) is 0 Å². The number of likely N-dealkylation sites (tertiary alicyclic amines) is 1. The molecule has 0 bridgehead atoms. The van der Waals surface area contributed by atoms with Crippen LogP contribution in [0.1, 0.15) is 68.2 Å². The maximum Gasteiger partial charge on any atom is 0.246 e. The second-order valence-corrected chi connectivity index (χ2v) is 13.4. The molecule has 1 aliphatic carbocycles. The molecule has 10 heteroatoms. The average molecular weight is 506 g/mol. The minimum atomic E-state index is -1.01. The highest BCUT2D eigenvalue weighted by molar-refractivity contribution is 5.96. The first-order chi connectivity index (χ1) is 16.4. The molecule has 0 radical (unpaired) electrons. The van der Waals surface area contributed by atoms with Crippen molar-refractivity contribution in [2.24, 2.45) is 39.7 Å². The van der Waals surface area contributed by atoms with Crippen LogP contribution in [0.3, 0.4) is 0 Å². The normalized spacial score (nSPS) is 28.6. The van der Waals surface area contributed by atoms with E-state index >= 15 is 0 Å². The van der Waals surface area contributed by atoms with Crippen LogP contribution < -0.4 is 21.7 Å². The zero-order valence-corrected chi connectivity index (χ0v) is 22.9. The summed E-state index contributed by atoms with van der Waals surface area (Å²) < 4.78 is 0. The summed E-state index contributed by atoms with van der Waals surface area (Å²) in [5.74, 6) is -2.19. The standard InChI is InChI=1S/C26H43N5O5/c1-24(2,3)18(30-23(36)25(4,5)6)22(35)31-12-14-16(26(14,7)8)17(31)21(34)29-15(19(27)32)11-13-9-10-28-20(13)33/h13-18H,9-12H2,1-8H3,(H2,27,32)(H,28,33)(H,29,34)(H,30,36)/t13-,14-,15-,16-,17-,18+/m0/s1. The average Bonchev–Trinajstić information content (AvgIpc) is 3.09. The van der Waals surface area contributed by atoms with Crippen molar-refractivity contribution in [2.45, 2.75) is 86.4 Å². The van der Waals surface area contributed by atoms with Gasteiger partial charge in [0.2, 0.25) is 29.5 Å². The molecule has 5 amide bonds. The Kier molecular flexibility index (Phi) is 7.24. The Morgan fingerprint density at radius 1 is 1.11 bits per heavy atom. The summed E-state index contributed by atoms with van der Waals surface area (Å²) in [7, 11) is 0. The van der Waals surface area contributed by atoms with Crippen LogP contribution >= 0.6 is 0 Å². The highest BCUT2D eigenvalue weighted by Crippen LogP contribution is 2.65. The summed E-state index contributed by atoms with van der Waals surface area (Å²) in [5.41, 5.74) is 4.19. The number of nitrogens with two attached hydrogens (primary N) is 1. The number of rotatable bonds is 7. The second kappa shape index (κ2) is 9.34. The van der Waals surface area contributed by atoms with Gasteiger partial charge in [-0.2, -0.15) is 0 Å². The van der Waals surface area contributed by atoms with Crippen LogP contribution in [0.4, 0.5) is 0 Å². The number of primary amides is 1. The quantitative estimate of drug-likeness (QED) is 0.398. The molecular weight excluding hydrogens is 462 g/mol. The Morgan fingerprint density at radius 2 is 1.72 bits per heavy atom. The van der Waals surface area contributed by atoms with E-state index in [2.05, 4.69) is 29.8 Å². The van der Waals surface area contributed by atoms with E-state index in [1.54, 1.807) is 25.7 Å². The molecule has 0 aromatic heterocycles. The van der Waals surface area contributed by atoms with Gasteiger partial charge in [0.25, 0.3) is 0 Å². The summed E-state index contributed by atoms with van der Waals surface area (Å²) in [5, 5.41) is 8.40. The lowest BCUT2D eigenvalue weighted by molar-refractivity contribution is -0.147. The number of amides is 5. The lowest BCUT2D eigenvalue weighted by atomic mass is 9.84. The molecule has 202 valence electrons. The van der Waals surface area contributed by atoms with E-state index in [9.17, 15) is 24.0 Å². The molecule has 2 aliphatic heterocycles. The molecule has 3 aliphatic rings. The predicted molar refractivity (Wildman–Crippen MR) is 134 cm³/mol. The maximum atomic E-state index is 13.9. The predicted octanol–water partition coefficient (Wildman–Crippen LogP) is 0.543. The van der Waals surface area contributed by atoms with Gasteiger partial charge in [0.05, 0.1) is 0 Å². The van der Waals surface area contributed by atoms with E-state index in [4.69, 9.17) is 5.73 Å². The van der Waals surface area contributed by atoms with Crippen LogP contribution in [0.5, 0.6) is 0 Å². The van der Waals surface area contributed by atoms with E-state index in [-0.39, 0.29) is 41.4 Å². The lowest BCUT2D eigenvalue weighted by Crippen LogP contribution is -2.61. The van der Waals surface area contributed by atoms with Gasteiger partial charge in [0.15, 0.2) is 0 Å². The molecule has 6 atom stereocenters. The summed E-state index contributed by atoms with van der Waals surface area (Å²) in [6, 6.07) is -2.62. The van der Waals surface area contributed by atoms with Crippen molar-refractivity contribution in [2.75, 3.05) is 13.1 Å². The molecule has 0 aromatic carbocycles. The molecule has 3 fully saturated rings. The van der Waals surface area contributed by atoms with Crippen molar-refractivity contribution in [3.05, 3.63) is 0 Å². The first kappa shape index (κ1) is 27.9. The zero-order valence-electron chi connectivity index (χ0n) is 22.9. The molecule has 3 rings (SSSR count). The van der Waals surface area contributed by atoms with Gasteiger partial charge < -0.3 is 26.6 Å². The number of hydrogen-bond donors (Lipinski definition) is 4. The molecule has 36 heavy (non-hydrogen) atoms. The van der Waals surface area contributed by atoms with Crippen molar-refractivity contribution >= 4 is 29.5 Å². The van der Waals surface area contributed by atoms with Gasteiger partial charge in [-0.05, 0) is 35.5 Å². The van der Waals surface area contributed by atoms with Gasteiger partial charge in [-0.3, -0.25) is 24.0 Å². The fraction of sp³-hybridized carbons (Fsp3) is 0.808. The number of carbonyl (C=O) groups is 5. The van der Waals surface area contributed by atoms with Gasteiger partial charge in [-0.25, -0.2) is 0 Å². The maximum absolute atomic E-state index is 13.9. The number of nitrogens with zero attached hydrogens (tertiary/aromatic N) is 1. The summed E-state index contributed by atoms with van der Waals surface area (Å²) in [6.07, 6.45) is 0.697. The van der Waals surface area contributed by atoms with Crippen LogP contribution in [0.25, 0.3) is 0 Å². The summed E-state index contributed by atoms with van der Waals surface area (Å²) in [4.78, 5) is 66.1. The van der Waals surface area contributed by atoms with Gasteiger partial charge >= 0.3 is 0 Å². The fourth-order valence-corrected chi connectivity index (χ4v) is 5.63. The molecule has 0 aromatic rings. The Balaban J connectivity index is 1.83. The second-order valence-electron chi connectivity index (χ2n) is 13.4. The molecule has 1 saturated carbocycles. The Bertz CT molecular complexity index is 947. The number of piperidine rings is 1. The first-order valence-electron chi connectivity index (χ1n) is 12.9. The van der Waals surface area contributed by atoms with Crippen LogP contribution in [0.15, 0.2) is 0 Å². The molecular formula is C26H43N5O5. The SMILES string of the molecule is CC(C)(C)C(=O)N[C@H](C(=O)N1C[C@H]2[C@@H]([C@H]1C(=O)N[C@@H](C[C@@H]1CCNC1=O)C(N)=O)C2(C)C)C(C)(C)C. The summed E-state index contributed by atoms with van der Waals surface area (Å²) in [6.45, 7) is 16.1. The third-order valence-corrected chi connectivity index (χ3v) is 8.17. The Hall–Kier alpha value is -2.65. The molecule has 0 unspecified atom stereocenters. The topological polar surface area (TPSA) is 151 Å². The molecule has 2 heterocycles. The lowest BCUT2D eigenvalue weighted by Gasteiger charge is -2.38. The largest absolute Gasteiger partial charge is 0.368 e. The van der Waals surface area contributed by atoms with Gasteiger partial charge in [-0.1, -0.05) is 55.4 Å². The van der Waals surface area contributed by atoms with Crippen LogP contribution in [-0.4, -0.2) is 65.7 Å². The smallest absolute Gasteiger partial charge is 0.246 e. The number of carbonyl (C=O) groups excluding carboxylic acids is 5. The third-order valence-electron chi connectivity index (χ3n) is 8.17. The highest BCUT2D eigenvalue weighted by atomic mass is 16.2. The van der Waals surface area contributed by atoms with E-state index < -0.39 is 46.7 Å². The monoisotopic (exact) mass is 505 g/mol. The van der Waals surface area contributed by atoms with Crippen molar-refractivity contribution in [1.82, 2.24) is 20.9 Å². The fourth-order valence-electron chi connectivity index (χ4n) is 5.63. The minimum Gasteiger partial charge on any atom is -0.368 e. The van der Waals surface area contributed by atoms with Crippen molar-refractivity contribution in [3.8, 4) is 0 Å². The highest BCUT2D eigenvalue weighted by Gasteiger charge is 2.70. The zero-order chi connectivity index (χ0) is 27.4. The molecule has 5 N–H and O–H groups in total. The third kappa shape index (κ3) is 5.37. The van der Waals surface area contributed by atoms with E-state index in [1.807, 2.05) is 20.8 Å².